The van der Waals surface area contributed by atoms with Crippen molar-refractivity contribution >= 4 is 0 Å². The quantitative estimate of drug-likeness (QED) is 0.860. The molecule has 1 aliphatic rings. The molecule has 2 nitrogen and oxygen atoms in total. The third-order valence-corrected chi connectivity index (χ3v) is 3.40. The molecule has 1 fully saturated rings. The van der Waals surface area contributed by atoms with Crippen molar-refractivity contribution in [3.05, 3.63) is 35.4 Å². The molecule has 0 amide bonds. The topological polar surface area (TPSA) is 29.3 Å². The first-order valence-electron chi connectivity index (χ1n) is 6.02. The molecular weight excluding hydrogens is 222 g/mol. The molecule has 17 heavy (non-hydrogen) atoms. The van der Waals surface area contributed by atoms with Crippen LogP contribution in [0.15, 0.2) is 18.2 Å². The van der Waals surface area contributed by atoms with Crippen LogP contribution >= 0.6 is 0 Å². The summed E-state index contributed by atoms with van der Waals surface area (Å²) >= 11 is 0. The summed E-state index contributed by atoms with van der Waals surface area (Å²) in [5.74, 6) is -1.04. The van der Waals surface area contributed by atoms with Gasteiger partial charge < -0.3 is 5.73 Å². The van der Waals surface area contributed by atoms with Gasteiger partial charge in [0.05, 0.1) is 0 Å². The molecule has 0 saturated carbocycles. The largest absolute Gasteiger partial charge is 0.327 e. The van der Waals surface area contributed by atoms with Crippen molar-refractivity contribution in [1.29, 1.82) is 0 Å². The Morgan fingerprint density at radius 1 is 1.29 bits per heavy atom. The summed E-state index contributed by atoms with van der Waals surface area (Å²) in [5.41, 5.74) is 6.59. The summed E-state index contributed by atoms with van der Waals surface area (Å²) in [6, 6.07) is 3.87. The highest BCUT2D eigenvalue weighted by Gasteiger charge is 2.22. The smallest absolute Gasteiger partial charge is 0.126 e. The molecule has 1 aromatic carbocycles. The maximum Gasteiger partial charge on any atom is 0.126 e. The van der Waals surface area contributed by atoms with E-state index in [0.29, 0.717) is 5.56 Å². The lowest BCUT2D eigenvalue weighted by atomic mass is 10.0. The van der Waals surface area contributed by atoms with Gasteiger partial charge >= 0.3 is 0 Å². The fourth-order valence-electron chi connectivity index (χ4n) is 2.42. The second-order valence-corrected chi connectivity index (χ2v) is 4.78. The normalized spacial score (nSPS) is 23.6. The number of hydrogen-bond donors (Lipinski definition) is 1. The van der Waals surface area contributed by atoms with Gasteiger partial charge in [-0.25, -0.2) is 8.78 Å². The zero-order chi connectivity index (χ0) is 12.4. The maximum absolute atomic E-state index is 13.1. The molecule has 0 spiro atoms. The summed E-state index contributed by atoms with van der Waals surface area (Å²) in [4.78, 5) is 2.18. The Balaban J connectivity index is 2.15. The Bertz CT molecular complexity index is 375. The van der Waals surface area contributed by atoms with Crippen molar-refractivity contribution in [3.8, 4) is 0 Å². The minimum absolute atomic E-state index is 0.00606. The third-order valence-electron chi connectivity index (χ3n) is 3.40. The molecule has 2 rings (SSSR count). The molecule has 0 bridgehead atoms. The predicted octanol–water partition coefficient (Wildman–Crippen LogP) is 2.45. The standard InChI is InChI=1S/C13H18F2N2/c1-9(17-4-2-3-13(16)8-17)10-5-11(14)7-12(15)6-10/h5-7,9,13H,2-4,8,16H2,1H3. The lowest BCUT2D eigenvalue weighted by molar-refractivity contribution is 0.159. The minimum atomic E-state index is -0.520. The van der Waals surface area contributed by atoms with Crippen molar-refractivity contribution in [3.63, 3.8) is 0 Å². The van der Waals surface area contributed by atoms with Gasteiger partial charge in [0.15, 0.2) is 0 Å². The van der Waals surface area contributed by atoms with Crippen LogP contribution in [0.25, 0.3) is 0 Å². The number of nitrogens with two attached hydrogens (primary N) is 1. The average molecular weight is 240 g/mol. The Morgan fingerprint density at radius 2 is 1.94 bits per heavy atom. The summed E-state index contributed by atoms with van der Waals surface area (Å²) in [6.07, 6.45) is 2.07. The van der Waals surface area contributed by atoms with Crippen LogP contribution in [0.2, 0.25) is 0 Å². The van der Waals surface area contributed by atoms with E-state index in [4.69, 9.17) is 5.73 Å². The fourth-order valence-corrected chi connectivity index (χ4v) is 2.42. The molecule has 4 heteroatoms. The number of benzene rings is 1. The van der Waals surface area contributed by atoms with Gasteiger partial charge in [-0.15, -0.1) is 0 Å². The van der Waals surface area contributed by atoms with Gasteiger partial charge in [0.1, 0.15) is 11.6 Å². The third kappa shape index (κ3) is 3.01. The van der Waals surface area contributed by atoms with Gasteiger partial charge in [-0.2, -0.15) is 0 Å². The second-order valence-electron chi connectivity index (χ2n) is 4.78. The van der Waals surface area contributed by atoms with E-state index in [1.54, 1.807) is 0 Å². The maximum atomic E-state index is 13.1. The zero-order valence-corrected chi connectivity index (χ0v) is 10.00. The first-order valence-corrected chi connectivity index (χ1v) is 6.02. The summed E-state index contributed by atoms with van der Waals surface area (Å²) in [5, 5.41) is 0. The highest BCUT2D eigenvalue weighted by molar-refractivity contribution is 5.21. The highest BCUT2D eigenvalue weighted by Crippen LogP contribution is 2.24. The van der Waals surface area contributed by atoms with Gasteiger partial charge in [-0.1, -0.05) is 0 Å². The van der Waals surface area contributed by atoms with E-state index >= 15 is 0 Å². The van der Waals surface area contributed by atoms with Crippen LogP contribution in [0, 0.1) is 11.6 Å². The molecule has 1 heterocycles. The van der Waals surface area contributed by atoms with Crippen LogP contribution in [0.5, 0.6) is 0 Å². The monoisotopic (exact) mass is 240 g/mol. The zero-order valence-electron chi connectivity index (χ0n) is 10.00. The van der Waals surface area contributed by atoms with Gasteiger partial charge in [0.2, 0.25) is 0 Å². The van der Waals surface area contributed by atoms with E-state index in [1.807, 2.05) is 6.92 Å². The van der Waals surface area contributed by atoms with Crippen molar-refractivity contribution < 1.29 is 8.78 Å². The van der Waals surface area contributed by atoms with Crippen LogP contribution in [-0.4, -0.2) is 24.0 Å². The summed E-state index contributed by atoms with van der Waals surface area (Å²) in [7, 11) is 0. The SMILES string of the molecule is CC(c1cc(F)cc(F)c1)N1CCCC(N)C1. The number of nitrogens with zero attached hydrogens (tertiary/aromatic N) is 1. The molecule has 1 aliphatic heterocycles. The Labute approximate surface area is 100 Å². The molecule has 2 unspecified atom stereocenters. The Hall–Kier alpha value is -1.00. The van der Waals surface area contributed by atoms with Crippen LogP contribution in [0.4, 0.5) is 8.78 Å². The van der Waals surface area contributed by atoms with Gasteiger partial charge in [-0.3, -0.25) is 4.90 Å². The first-order chi connectivity index (χ1) is 8.06. The first kappa shape index (κ1) is 12.5. The van der Waals surface area contributed by atoms with Crippen molar-refractivity contribution in [1.82, 2.24) is 4.90 Å². The van der Waals surface area contributed by atoms with Crippen molar-refractivity contribution in [2.24, 2.45) is 5.73 Å². The van der Waals surface area contributed by atoms with E-state index in [0.717, 1.165) is 32.0 Å². The van der Waals surface area contributed by atoms with Crippen LogP contribution < -0.4 is 5.73 Å². The van der Waals surface area contributed by atoms with Crippen molar-refractivity contribution in [2.75, 3.05) is 13.1 Å². The molecular formula is C13H18F2N2. The van der Waals surface area contributed by atoms with E-state index in [9.17, 15) is 8.78 Å². The Kier molecular flexibility index (Phi) is 3.74. The molecule has 0 aliphatic carbocycles. The number of likely N-dealkylation sites (tertiary alicyclic amines) is 1. The Morgan fingerprint density at radius 3 is 2.53 bits per heavy atom. The van der Waals surface area contributed by atoms with E-state index in [1.165, 1.54) is 12.1 Å². The molecule has 2 N–H and O–H groups in total. The molecule has 1 aromatic rings. The van der Waals surface area contributed by atoms with Gasteiger partial charge in [0.25, 0.3) is 0 Å². The number of halogens is 2. The molecule has 0 aromatic heterocycles. The number of hydrogen-bond acceptors (Lipinski definition) is 2. The minimum Gasteiger partial charge on any atom is -0.327 e. The molecule has 1 saturated heterocycles. The predicted molar refractivity (Wildman–Crippen MR) is 63.6 cm³/mol. The van der Waals surface area contributed by atoms with Gasteiger partial charge in [0, 0.05) is 24.7 Å². The summed E-state index contributed by atoms with van der Waals surface area (Å²) < 4.78 is 26.3. The molecule has 94 valence electrons. The average Bonchev–Trinajstić information content (AvgIpc) is 2.26. The lowest BCUT2D eigenvalue weighted by Crippen LogP contribution is -2.43. The van der Waals surface area contributed by atoms with Crippen molar-refractivity contribution in [2.45, 2.75) is 31.8 Å². The molecule has 0 radical (unpaired) electrons. The number of rotatable bonds is 2. The highest BCUT2D eigenvalue weighted by atomic mass is 19.1. The fraction of sp³-hybridized carbons (Fsp3) is 0.538. The van der Waals surface area contributed by atoms with Crippen LogP contribution in [-0.2, 0) is 0 Å². The van der Waals surface area contributed by atoms with E-state index in [-0.39, 0.29) is 12.1 Å². The van der Waals surface area contributed by atoms with Crippen LogP contribution in [0.1, 0.15) is 31.4 Å². The molecule has 2 atom stereocenters. The van der Waals surface area contributed by atoms with Crippen LogP contribution in [0.3, 0.4) is 0 Å². The van der Waals surface area contributed by atoms with Gasteiger partial charge in [-0.05, 0) is 44.0 Å². The second kappa shape index (κ2) is 5.10. The van der Waals surface area contributed by atoms with E-state index in [2.05, 4.69) is 4.90 Å². The number of piperidine rings is 1. The lowest BCUT2D eigenvalue weighted by Gasteiger charge is -2.35. The van der Waals surface area contributed by atoms with E-state index < -0.39 is 11.6 Å². The summed E-state index contributed by atoms with van der Waals surface area (Å²) in [6.45, 7) is 3.69.